The summed E-state index contributed by atoms with van der Waals surface area (Å²) >= 11 is 0. The van der Waals surface area contributed by atoms with Crippen molar-refractivity contribution in [1.29, 1.82) is 0 Å². The Bertz CT molecular complexity index is 768. The molecule has 0 bridgehead atoms. The predicted octanol–water partition coefficient (Wildman–Crippen LogP) is 2.91. The smallest absolute Gasteiger partial charge is 0.248 e. The molecule has 0 unspecified atom stereocenters. The summed E-state index contributed by atoms with van der Waals surface area (Å²) in [5.74, 6) is -0.436. The summed E-state index contributed by atoms with van der Waals surface area (Å²) in [5.41, 5.74) is 9.48. The minimum absolute atomic E-state index is 0.436. The number of carbonyl (C=O) groups excluding carboxylic acids is 1. The van der Waals surface area contributed by atoms with Crippen molar-refractivity contribution in [2.75, 3.05) is 0 Å². The van der Waals surface area contributed by atoms with Gasteiger partial charge in [-0.2, -0.15) is 0 Å². The van der Waals surface area contributed by atoms with E-state index >= 15 is 0 Å². The second-order valence-electron chi connectivity index (χ2n) is 4.59. The third-order valence-electron chi connectivity index (χ3n) is 3.24. The summed E-state index contributed by atoms with van der Waals surface area (Å²) in [4.78, 5) is 19.6. The maximum atomic E-state index is 11.1. The van der Waals surface area contributed by atoms with Crippen LogP contribution >= 0.6 is 0 Å². The van der Waals surface area contributed by atoms with Crippen molar-refractivity contribution in [1.82, 2.24) is 9.97 Å². The van der Waals surface area contributed by atoms with Gasteiger partial charge >= 0.3 is 0 Å². The normalized spacial score (nSPS) is 10.3. The van der Waals surface area contributed by atoms with Gasteiger partial charge in [-0.1, -0.05) is 42.5 Å². The number of primary amides is 1. The quantitative estimate of drug-likeness (QED) is 0.799. The number of nitrogens with two attached hydrogens (primary N) is 1. The number of aromatic nitrogens is 2. The lowest BCUT2D eigenvalue weighted by Crippen LogP contribution is -2.10. The number of carbonyl (C=O) groups is 1. The molecule has 0 atom stereocenters. The lowest BCUT2D eigenvalue weighted by Gasteiger charge is -2.08. The highest BCUT2D eigenvalue weighted by atomic mass is 16.1. The first-order chi connectivity index (χ1) is 10.3. The Morgan fingerprint density at radius 2 is 1.62 bits per heavy atom. The molecular weight excluding hydrogens is 262 g/mol. The Morgan fingerprint density at radius 1 is 0.905 bits per heavy atom. The van der Waals surface area contributed by atoms with Crippen LogP contribution in [0.25, 0.3) is 22.4 Å². The number of hydrogen-bond donors (Lipinski definition) is 1. The first kappa shape index (κ1) is 13.0. The maximum Gasteiger partial charge on any atom is 0.248 e. The van der Waals surface area contributed by atoms with Crippen molar-refractivity contribution in [2.45, 2.75) is 0 Å². The Hall–Kier alpha value is -3.01. The van der Waals surface area contributed by atoms with Crippen molar-refractivity contribution >= 4 is 5.91 Å². The number of rotatable bonds is 3. The van der Waals surface area contributed by atoms with Gasteiger partial charge < -0.3 is 5.73 Å². The van der Waals surface area contributed by atoms with Crippen LogP contribution in [0.5, 0.6) is 0 Å². The third-order valence-corrected chi connectivity index (χ3v) is 3.24. The minimum Gasteiger partial charge on any atom is -0.366 e. The Kier molecular flexibility index (Phi) is 3.43. The summed E-state index contributed by atoms with van der Waals surface area (Å²) in [7, 11) is 0. The molecule has 4 nitrogen and oxygen atoms in total. The van der Waals surface area contributed by atoms with Crippen molar-refractivity contribution < 1.29 is 4.79 Å². The number of amides is 1. The van der Waals surface area contributed by atoms with Gasteiger partial charge in [0.1, 0.15) is 6.33 Å². The van der Waals surface area contributed by atoms with Crippen LogP contribution in [0.2, 0.25) is 0 Å². The van der Waals surface area contributed by atoms with Gasteiger partial charge in [0.05, 0.1) is 5.69 Å². The van der Waals surface area contributed by atoms with E-state index in [0.717, 1.165) is 22.4 Å². The van der Waals surface area contributed by atoms with Gasteiger partial charge in [-0.25, -0.2) is 9.97 Å². The van der Waals surface area contributed by atoms with E-state index in [1.165, 1.54) is 6.33 Å². The van der Waals surface area contributed by atoms with E-state index in [1.54, 1.807) is 18.3 Å². The molecule has 2 N–H and O–H groups in total. The fourth-order valence-corrected chi connectivity index (χ4v) is 2.18. The van der Waals surface area contributed by atoms with Crippen LogP contribution in [-0.2, 0) is 0 Å². The largest absolute Gasteiger partial charge is 0.366 e. The first-order valence-electron chi connectivity index (χ1n) is 6.51. The summed E-state index contributed by atoms with van der Waals surface area (Å²) < 4.78 is 0. The number of hydrogen-bond acceptors (Lipinski definition) is 3. The molecule has 1 heterocycles. The van der Waals surface area contributed by atoms with Crippen molar-refractivity contribution in [3.05, 3.63) is 72.7 Å². The number of nitrogens with zero attached hydrogens (tertiary/aromatic N) is 2. The molecule has 2 aromatic carbocycles. The molecule has 0 saturated heterocycles. The van der Waals surface area contributed by atoms with Crippen molar-refractivity contribution in [3.8, 4) is 22.4 Å². The molecule has 3 rings (SSSR count). The van der Waals surface area contributed by atoms with Gasteiger partial charge in [-0.05, 0) is 17.7 Å². The highest BCUT2D eigenvalue weighted by Gasteiger charge is 2.09. The standard InChI is InChI=1S/C17H13N3O/c18-17(21)14-8-6-12(7-9-14)15-10-19-11-20-16(15)13-4-2-1-3-5-13/h1-11H,(H2,18,21). The Morgan fingerprint density at radius 3 is 2.29 bits per heavy atom. The SMILES string of the molecule is NC(=O)c1ccc(-c2cncnc2-c2ccccc2)cc1. The minimum atomic E-state index is -0.436. The van der Waals surface area contributed by atoms with E-state index in [2.05, 4.69) is 9.97 Å². The van der Waals surface area contributed by atoms with Gasteiger partial charge in [0.2, 0.25) is 5.91 Å². The van der Waals surface area contributed by atoms with E-state index in [9.17, 15) is 4.79 Å². The van der Waals surface area contributed by atoms with E-state index in [-0.39, 0.29) is 0 Å². The molecular formula is C17H13N3O. The zero-order valence-corrected chi connectivity index (χ0v) is 11.2. The molecule has 102 valence electrons. The molecule has 0 radical (unpaired) electrons. The number of benzene rings is 2. The molecule has 0 saturated carbocycles. The fourth-order valence-electron chi connectivity index (χ4n) is 2.18. The van der Waals surface area contributed by atoms with Gasteiger partial charge in [-0.15, -0.1) is 0 Å². The average molecular weight is 275 g/mol. The Balaban J connectivity index is 2.09. The van der Waals surface area contributed by atoms with Crippen LogP contribution in [-0.4, -0.2) is 15.9 Å². The van der Waals surface area contributed by atoms with Crippen molar-refractivity contribution in [3.63, 3.8) is 0 Å². The zero-order valence-electron chi connectivity index (χ0n) is 11.2. The summed E-state index contributed by atoms with van der Waals surface area (Å²) in [5, 5.41) is 0. The highest BCUT2D eigenvalue weighted by molar-refractivity contribution is 5.93. The topological polar surface area (TPSA) is 68.9 Å². The molecule has 21 heavy (non-hydrogen) atoms. The first-order valence-corrected chi connectivity index (χ1v) is 6.51. The maximum absolute atomic E-state index is 11.1. The van der Waals surface area contributed by atoms with Gasteiger partial charge in [-0.3, -0.25) is 4.79 Å². The summed E-state index contributed by atoms with van der Waals surface area (Å²) in [6.45, 7) is 0. The molecule has 0 aliphatic rings. The molecule has 0 aliphatic heterocycles. The van der Waals surface area contributed by atoms with Crippen LogP contribution in [0.15, 0.2) is 67.1 Å². The molecule has 3 aromatic rings. The fraction of sp³-hybridized carbons (Fsp3) is 0. The molecule has 0 fully saturated rings. The lowest BCUT2D eigenvalue weighted by molar-refractivity contribution is 0.100. The molecule has 1 aromatic heterocycles. The van der Waals surface area contributed by atoms with E-state index in [0.29, 0.717) is 5.56 Å². The van der Waals surface area contributed by atoms with E-state index in [4.69, 9.17) is 5.73 Å². The van der Waals surface area contributed by atoms with Gasteiger partial charge in [0.15, 0.2) is 0 Å². The van der Waals surface area contributed by atoms with Crippen LogP contribution in [0, 0.1) is 0 Å². The van der Waals surface area contributed by atoms with Crippen molar-refractivity contribution in [2.24, 2.45) is 5.73 Å². The van der Waals surface area contributed by atoms with Crippen LogP contribution in [0.1, 0.15) is 10.4 Å². The third kappa shape index (κ3) is 2.65. The summed E-state index contributed by atoms with van der Waals surface area (Å²) in [6, 6.07) is 17.0. The predicted molar refractivity (Wildman–Crippen MR) is 81.4 cm³/mol. The summed E-state index contributed by atoms with van der Waals surface area (Å²) in [6.07, 6.45) is 3.30. The van der Waals surface area contributed by atoms with Gasteiger partial charge in [0, 0.05) is 22.9 Å². The van der Waals surface area contributed by atoms with Gasteiger partial charge in [0.25, 0.3) is 0 Å². The second kappa shape index (κ2) is 5.54. The van der Waals surface area contributed by atoms with Crippen LogP contribution < -0.4 is 5.73 Å². The van der Waals surface area contributed by atoms with E-state index < -0.39 is 5.91 Å². The second-order valence-corrected chi connectivity index (χ2v) is 4.59. The zero-order chi connectivity index (χ0) is 14.7. The molecule has 0 spiro atoms. The van der Waals surface area contributed by atoms with E-state index in [1.807, 2.05) is 42.5 Å². The van der Waals surface area contributed by atoms with Crippen LogP contribution in [0.3, 0.4) is 0 Å². The lowest BCUT2D eigenvalue weighted by atomic mass is 10.00. The molecule has 4 heteroatoms. The molecule has 1 amide bonds. The highest BCUT2D eigenvalue weighted by Crippen LogP contribution is 2.29. The Labute approximate surface area is 122 Å². The van der Waals surface area contributed by atoms with Crippen LogP contribution in [0.4, 0.5) is 0 Å². The monoisotopic (exact) mass is 275 g/mol. The molecule has 0 aliphatic carbocycles. The average Bonchev–Trinajstić information content (AvgIpc) is 2.56.